The van der Waals surface area contributed by atoms with E-state index in [0.717, 1.165) is 0 Å². The minimum Gasteiger partial charge on any atom is -0.481 e. The lowest BCUT2D eigenvalue weighted by atomic mass is 9.93. The van der Waals surface area contributed by atoms with Gasteiger partial charge in [-0.1, -0.05) is 0 Å². The molecule has 1 amide bonds. The van der Waals surface area contributed by atoms with Crippen molar-refractivity contribution in [1.29, 1.82) is 0 Å². The number of aromatic amines is 1. The monoisotopic (exact) mass is 333 g/mol. The maximum absolute atomic E-state index is 12.6. The Morgan fingerprint density at radius 3 is 2.88 bits per heavy atom. The highest BCUT2D eigenvalue weighted by Crippen LogP contribution is 2.27. The van der Waals surface area contributed by atoms with E-state index in [1.807, 2.05) is 0 Å². The molecular formula is C15H15N3O6. The second-order valence-electron chi connectivity index (χ2n) is 5.80. The summed E-state index contributed by atoms with van der Waals surface area (Å²) in [4.78, 5) is 36.9. The molecule has 1 saturated heterocycles. The number of nitro groups is 1. The standard InChI is InChI=1S/C15H15N3O6/c19-13(20)6-15(3-4-24-8-15)17-14(21)11-7-16-12-2-1-9(18(22)23)5-10(11)12/h1-2,5,7,16H,3-4,6,8H2,(H,17,21)(H,19,20). The van der Waals surface area contributed by atoms with Gasteiger partial charge in [-0.25, -0.2) is 0 Å². The molecule has 0 bridgehead atoms. The largest absolute Gasteiger partial charge is 0.481 e. The summed E-state index contributed by atoms with van der Waals surface area (Å²) >= 11 is 0. The Balaban J connectivity index is 1.92. The first kappa shape index (κ1) is 15.9. The average Bonchev–Trinajstić information content (AvgIpc) is 3.12. The number of carbonyl (C=O) groups excluding carboxylic acids is 1. The number of aromatic nitrogens is 1. The lowest BCUT2D eigenvalue weighted by molar-refractivity contribution is -0.384. The van der Waals surface area contributed by atoms with Gasteiger partial charge in [0.2, 0.25) is 0 Å². The molecule has 1 fully saturated rings. The number of carbonyl (C=O) groups is 2. The number of carboxylic acids is 1. The fourth-order valence-electron chi connectivity index (χ4n) is 2.90. The summed E-state index contributed by atoms with van der Waals surface area (Å²) in [6, 6.07) is 4.18. The number of hydrogen-bond acceptors (Lipinski definition) is 5. The zero-order valence-corrected chi connectivity index (χ0v) is 12.6. The number of benzene rings is 1. The molecule has 1 atom stereocenters. The van der Waals surface area contributed by atoms with Gasteiger partial charge in [0.1, 0.15) is 0 Å². The van der Waals surface area contributed by atoms with E-state index in [-0.39, 0.29) is 24.3 Å². The van der Waals surface area contributed by atoms with Crippen LogP contribution in [-0.2, 0) is 9.53 Å². The van der Waals surface area contributed by atoms with E-state index in [1.54, 1.807) is 0 Å². The van der Waals surface area contributed by atoms with E-state index in [0.29, 0.717) is 23.9 Å². The highest BCUT2D eigenvalue weighted by Gasteiger charge is 2.39. The Hall–Kier alpha value is -2.94. The Morgan fingerprint density at radius 2 is 2.25 bits per heavy atom. The van der Waals surface area contributed by atoms with E-state index < -0.39 is 22.3 Å². The number of amides is 1. The second-order valence-corrected chi connectivity index (χ2v) is 5.80. The number of nitrogens with one attached hydrogen (secondary N) is 2. The number of carboxylic acid groups (broad SMARTS) is 1. The zero-order valence-electron chi connectivity index (χ0n) is 12.6. The molecule has 2 aromatic rings. The molecule has 0 saturated carbocycles. The summed E-state index contributed by atoms with van der Waals surface area (Å²) in [5, 5.41) is 23.1. The van der Waals surface area contributed by atoms with Gasteiger partial charge in [-0.15, -0.1) is 0 Å². The lowest BCUT2D eigenvalue weighted by Crippen LogP contribution is -2.50. The van der Waals surface area contributed by atoms with Crippen LogP contribution in [0.3, 0.4) is 0 Å². The molecule has 1 aromatic heterocycles. The number of nitrogens with zero attached hydrogens (tertiary/aromatic N) is 1. The van der Waals surface area contributed by atoms with Crippen LogP contribution in [0.4, 0.5) is 5.69 Å². The van der Waals surface area contributed by atoms with Crippen molar-refractivity contribution in [2.45, 2.75) is 18.4 Å². The lowest BCUT2D eigenvalue weighted by Gasteiger charge is -2.26. The number of H-pyrrole nitrogens is 1. The van der Waals surface area contributed by atoms with Crippen LogP contribution in [0.1, 0.15) is 23.2 Å². The van der Waals surface area contributed by atoms with E-state index >= 15 is 0 Å². The van der Waals surface area contributed by atoms with Gasteiger partial charge in [-0.05, 0) is 12.5 Å². The minimum atomic E-state index is -1.03. The third-order valence-corrected chi connectivity index (χ3v) is 4.09. The summed E-state index contributed by atoms with van der Waals surface area (Å²) in [6.07, 6.45) is 1.60. The highest BCUT2D eigenvalue weighted by molar-refractivity contribution is 6.07. The van der Waals surface area contributed by atoms with E-state index in [2.05, 4.69) is 10.3 Å². The van der Waals surface area contributed by atoms with Gasteiger partial charge in [-0.3, -0.25) is 19.7 Å². The number of ether oxygens (including phenoxy) is 1. The van der Waals surface area contributed by atoms with Crippen molar-refractivity contribution < 1.29 is 24.4 Å². The Kier molecular flexibility index (Phi) is 3.94. The first-order valence-electron chi connectivity index (χ1n) is 7.28. The number of non-ortho nitro benzene ring substituents is 1. The van der Waals surface area contributed by atoms with Gasteiger partial charge in [0.25, 0.3) is 11.6 Å². The normalized spacial score (nSPS) is 20.2. The van der Waals surface area contributed by atoms with Crippen molar-refractivity contribution >= 4 is 28.5 Å². The molecule has 1 aromatic carbocycles. The van der Waals surface area contributed by atoms with Gasteiger partial charge in [0.05, 0.1) is 29.1 Å². The van der Waals surface area contributed by atoms with Crippen LogP contribution in [0.25, 0.3) is 10.9 Å². The van der Waals surface area contributed by atoms with Gasteiger partial charge in [-0.2, -0.15) is 0 Å². The predicted molar refractivity (Wildman–Crippen MR) is 82.8 cm³/mol. The van der Waals surface area contributed by atoms with Gasteiger partial charge in [0.15, 0.2) is 0 Å². The molecule has 126 valence electrons. The molecule has 2 heterocycles. The van der Waals surface area contributed by atoms with Gasteiger partial charge >= 0.3 is 5.97 Å². The number of nitro benzene ring substituents is 1. The first-order chi connectivity index (χ1) is 11.4. The Labute approximate surface area is 135 Å². The quantitative estimate of drug-likeness (QED) is 0.560. The molecule has 3 N–H and O–H groups in total. The van der Waals surface area contributed by atoms with Crippen molar-refractivity contribution in [1.82, 2.24) is 10.3 Å². The van der Waals surface area contributed by atoms with Crippen LogP contribution in [-0.4, -0.2) is 45.6 Å². The third-order valence-electron chi connectivity index (χ3n) is 4.09. The second kappa shape index (κ2) is 5.93. The summed E-state index contributed by atoms with van der Waals surface area (Å²) in [5.41, 5.74) is -0.278. The maximum Gasteiger partial charge on any atom is 0.305 e. The number of fused-ring (bicyclic) bond motifs is 1. The fraction of sp³-hybridized carbons (Fsp3) is 0.333. The number of hydrogen-bond donors (Lipinski definition) is 3. The maximum atomic E-state index is 12.6. The van der Waals surface area contributed by atoms with Crippen molar-refractivity contribution in [2.75, 3.05) is 13.2 Å². The van der Waals surface area contributed by atoms with Gasteiger partial charge in [0, 0.05) is 35.8 Å². The summed E-state index contributed by atoms with van der Waals surface area (Å²) in [7, 11) is 0. The summed E-state index contributed by atoms with van der Waals surface area (Å²) in [5.74, 6) is -1.52. The Bertz CT molecular complexity index is 822. The number of aliphatic carboxylic acids is 1. The number of rotatable bonds is 5. The molecule has 1 unspecified atom stereocenters. The fourth-order valence-corrected chi connectivity index (χ4v) is 2.90. The molecule has 1 aliphatic heterocycles. The van der Waals surface area contributed by atoms with E-state index in [4.69, 9.17) is 9.84 Å². The van der Waals surface area contributed by atoms with Crippen LogP contribution >= 0.6 is 0 Å². The van der Waals surface area contributed by atoms with Crippen molar-refractivity contribution in [3.8, 4) is 0 Å². The SMILES string of the molecule is O=C(O)CC1(NC(=O)c2c[nH]c3ccc([N+](=O)[O-])cc23)CCOC1. The third kappa shape index (κ3) is 2.93. The van der Waals surface area contributed by atoms with Crippen molar-refractivity contribution in [2.24, 2.45) is 0 Å². The summed E-state index contributed by atoms with van der Waals surface area (Å²) in [6.45, 7) is 0.487. The average molecular weight is 333 g/mol. The summed E-state index contributed by atoms with van der Waals surface area (Å²) < 4.78 is 5.24. The molecule has 24 heavy (non-hydrogen) atoms. The van der Waals surface area contributed by atoms with Crippen molar-refractivity contribution in [3.63, 3.8) is 0 Å². The van der Waals surface area contributed by atoms with Gasteiger partial charge < -0.3 is 20.1 Å². The zero-order chi connectivity index (χ0) is 17.3. The molecule has 3 rings (SSSR count). The molecule has 0 radical (unpaired) electrons. The van der Waals surface area contributed by atoms with E-state index in [9.17, 15) is 19.7 Å². The molecule has 9 nitrogen and oxygen atoms in total. The topological polar surface area (TPSA) is 135 Å². The van der Waals surface area contributed by atoms with Crippen LogP contribution < -0.4 is 5.32 Å². The van der Waals surface area contributed by atoms with Crippen molar-refractivity contribution in [3.05, 3.63) is 40.1 Å². The molecular weight excluding hydrogens is 318 g/mol. The molecule has 9 heteroatoms. The predicted octanol–water partition coefficient (Wildman–Crippen LogP) is 1.44. The van der Waals surface area contributed by atoms with E-state index in [1.165, 1.54) is 24.4 Å². The van der Waals surface area contributed by atoms with Crippen LogP contribution in [0, 0.1) is 10.1 Å². The minimum absolute atomic E-state index is 0.119. The highest BCUT2D eigenvalue weighted by atomic mass is 16.6. The molecule has 0 aliphatic carbocycles. The van der Waals surface area contributed by atoms with Crippen LogP contribution in [0.2, 0.25) is 0 Å². The smallest absolute Gasteiger partial charge is 0.305 e. The van der Waals surface area contributed by atoms with Crippen LogP contribution in [0.5, 0.6) is 0 Å². The first-order valence-corrected chi connectivity index (χ1v) is 7.28. The Morgan fingerprint density at radius 1 is 1.46 bits per heavy atom. The molecule has 0 spiro atoms. The molecule has 1 aliphatic rings. The van der Waals surface area contributed by atoms with Crippen LogP contribution in [0.15, 0.2) is 24.4 Å².